The van der Waals surface area contributed by atoms with Crippen LogP contribution in [0, 0.1) is 35.0 Å². The summed E-state index contributed by atoms with van der Waals surface area (Å²) in [6.07, 6.45) is 9.24. The van der Waals surface area contributed by atoms with Gasteiger partial charge in [-0.25, -0.2) is 0 Å². The van der Waals surface area contributed by atoms with Crippen molar-refractivity contribution in [1.82, 2.24) is 41.0 Å². The molecule has 0 bridgehead atoms. The zero-order valence-corrected chi connectivity index (χ0v) is 47.0. The predicted octanol–water partition coefficient (Wildman–Crippen LogP) is 8.12. The van der Waals surface area contributed by atoms with Crippen LogP contribution in [0.2, 0.25) is 0 Å². The molecule has 2 aliphatic heterocycles. The molecule has 6 aliphatic rings. The zero-order chi connectivity index (χ0) is 55.1. The fraction of sp³-hybridized carbons (Fsp3) is 0.644. The Morgan fingerprint density at radius 2 is 1.64 bits per heavy atom. The smallest absolute Gasteiger partial charge is 0.381 e. The van der Waals surface area contributed by atoms with E-state index in [9.17, 15) is 37.1 Å². The first-order chi connectivity index (χ1) is 37.4. The maximum Gasteiger partial charge on any atom is 0.418 e. The number of alkyl halides is 3. The SMILES string of the molecule is CC(C)[C@]1(C(=O)N2CCc3nc(CCCNC(=O)C4CC(NC(=O)CCOCC5CCC(COCCNC(=O)[C@H]6CC(=O)N(C)[C@@H]6c6cccnc6)CC5)C4)c(C(F)(F)F)cc3C2)CC[C@@H](N[C@@H]2CCc3cc(Br)ccc32)C1. The van der Waals surface area contributed by atoms with Gasteiger partial charge in [0.1, 0.15) is 0 Å². The molecule has 5 atom stereocenters. The number of benzene rings is 1. The Morgan fingerprint density at radius 1 is 0.897 bits per heavy atom. The van der Waals surface area contributed by atoms with Gasteiger partial charge in [-0.1, -0.05) is 41.9 Å². The number of fused-ring (bicyclic) bond motifs is 2. The van der Waals surface area contributed by atoms with Crippen molar-refractivity contribution in [3.63, 3.8) is 0 Å². The molecule has 15 nitrogen and oxygen atoms in total. The second-order valence-electron chi connectivity index (χ2n) is 23.4. The van der Waals surface area contributed by atoms with Gasteiger partial charge in [0.05, 0.1) is 41.8 Å². The summed E-state index contributed by atoms with van der Waals surface area (Å²) in [5, 5.41) is 12.7. The van der Waals surface area contributed by atoms with Gasteiger partial charge in [-0.05, 0) is 148 Å². The Balaban J connectivity index is 0.621. The number of likely N-dealkylation sites (tertiary alicyclic amines) is 1. The Hall–Kier alpha value is -4.98. The van der Waals surface area contributed by atoms with Crippen LogP contribution in [-0.2, 0) is 65.4 Å². The van der Waals surface area contributed by atoms with Gasteiger partial charge >= 0.3 is 6.18 Å². The summed E-state index contributed by atoms with van der Waals surface area (Å²) in [6.45, 7) is 7.18. The van der Waals surface area contributed by atoms with Gasteiger partial charge in [0.25, 0.3) is 0 Å². The molecule has 5 amide bonds. The van der Waals surface area contributed by atoms with Crippen LogP contribution in [0.15, 0.2) is 53.3 Å². The van der Waals surface area contributed by atoms with Crippen LogP contribution in [0.4, 0.5) is 13.2 Å². The van der Waals surface area contributed by atoms with E-state index in [2.05, 4.69) is 79.2 Å². The molecule has 424 valence electrons. The van der Waals surface area contributed by atoms with Gasteiger partial charge in [0.2, 0.25) is 29.5 Å². The van der Waals surface area contributed by atoms with Gasteiger partial charge < -0.3 is 40.5 Å². The van der Waals surface area contributed by atoms with E-state index in [1.165, 1.54) is 17.2 Å². The number of nitrogens with zero attached hydrogens (tertiary/aromatic N) is 4. The molecule has 19 heteroatoms. The highest BCUT2D eigenvalue weighted by molar-refractivity contribution is 9.10. The minimum atomic E-state index is -4.63. The first kappa shape index (κ1) is 57.7. The van der Waals surface area contributed by atoms with E-state index in [0.717, 1.165) is 61.4 Å². The largest absolute Gasteiger partial charge is 0.418 e. The lowest BCUT2D eigenvalue weighted by Gasteiger charge is -2.40. The molecule has 4 N–H and O–H groups in total. The number of halogens is 4. The second-order valence-corrected chi connectivity index (χ2v) is 24.3. The van der Waals surface area contributed by atoms with Crippen LogP contribution in [0.25, 0.3) is 0 Å². The van der Waals surface area contributed by atoms with E-state index in [-0.39, 0.29) is 110 Å². The minimum Gasteiger partial charge on any atom is -0.381 e. The van der Waals surface area contributed by atoms with E-state index in [4.69, 9.17) is 9.47 Å². The van der Waals surface area contributed by atoms with E-state index < -0.39 is 23.1 Å². The van der Waals surface area contributed by atoms with Crippen molar-refractivity contribution in [1.29, 1.82) is 0 Å². The third-order valence-corrected chi connectivity index (χ3v) is 18.4. The number of amides is 5. The quantitative estimate of drug-likeness (QED) is 0.0717. The molecule has 0 radical (unpaired) electrons. The van der Waals surface area contributed by atoms with E-state index >= 15 is 0 Å². The fourth-order valence-corrected chi connectivity index (χ4v) is 13.7. The monoisotopic (exact) mass is 1150 g/mol. The molecular weight excluding hydrogens is 1070 g/mol. The maximum atomic E-state index is 14.6. The topological polar surface area (TPSA) is 184 Å². The highest BCUT2D eigenvalue weighted by Crippen LogP contribution is 2.48. The van der Waals surface area contributed by atoms with Gasteiger partial charge in [-0.15, -0.1) is 0 Å². The van der Waals surface area contributed by atoms with Crippen LogP contribution in [0.3, 0.4) is 0 Å². The molecule has 4 aliphatic carbocycles. The van der Waals surface area contributed by atoms with Gasteiger partial charge in [0.15, 0.2) is 0 Å². The summed E-state index contributed by atoms with van der Waals surface area (Å²) in [5.74, 6) is -0.319. The van der Waals surface area contributed by atoms with E-state index in [1.807, 2.05) is 6.07 Å². The molecule has 4 heterocycles. The van der Waals surface area contributed by atoms with Crippen LogP contribution in [-0.4, -0.2) is 114 Å². The summed E-state index contributed by atoms with van der Waals surface area (Å²) in [5.41, 5.74) is 3.13. The number of hydrogen-bond donors (Lipinski definition) is 4. The average Bonchev–Trinajstić information content (AvgIpc) is 4.25. The maximum absolute atomic E-state index is 14.6. The van der Waals surface area contributed by atoms with Gasteiger partial charge in [-0.2, -0.15) is 13.2 Å². The van der Waals surface area contributed by atoms with Crippen LogP contribution in [0.1, 0.15) is 149 Å². The van der Waals surface area contributed by atoms with E-state index in [1.54, 1.807) is 35.3 Å². The molecule has 3 aromatic rings. The lowest BCUT2D eigenvalue weighted by atomic mass is 9.74. The number of nitrogens with one attached hydrogen (secondary N) is 4. The Morgan fingerprint density at radius 3 is 2.36 bits per heavy atom. The fourth-order valence-electron chi connectivity index (χ4n) is 13.2. The number of pyridine rings is 2. The van der Waals surface area contributed by atoms with Crippen LogP contribution < -0.4 is 21.3 Å². The highest BCUT2D eigenvalue weighted by atomic mass is 79.9. The predicted molar refractivity (Wildman–Crippen MR) is 290 cm³/mol. The number of carbonyl (C=O) groups is 5. The van der Waals surface area contributed by atoms with Gasteiger partial charge in [-0.3, -0.25) is 33.9 Å². The summed E-state index contributed by atoms with van der Waals surface area (Å²) in [4.78, 5) is 77.7. The number of aryl methyl sites for hydroxylation is 2. The third-order valence-electron chi connectivity index (χ3n) is 17.9. The summed E-state index contributed by atoms with van der Waals surface area (Å²) in [6, 6.07) is 11.3. The van der Waals surface area contributed by atoms with Gasteiger partial charge in [0, 0.05) is 112 Å². The molecule has 0 unspecified atom stereocenters. The lowest BCUT2D eigenvalue weighted by molar-refractivity contribution is -0.146. The lowest BCUT2D eigenvalue weighted by Crippen LogP contribution is -2.49. The number of rotatable bonds is 22. The molecule has 0 spiro atoms. The number of carbonyl (C=O) groups excluding carboxylic acids is 5. The second kappa shape index (κ2) is 25.6. The van der Waals surface area contributed by atoms with Crippen molar-refractivity contribution >= 4 is 45.5 Å². The minimum absolute atomic E-state index is 0.0244. The van der Waals surface area contributed by atoms with Crippen LogP contribution in [0.5, 0.6) is 0 Å². The highest BCUT2D eigenvalue weighted by Gasteiger charge is 2.50. The van der Waals surface area contributed by atoms with Crippen molar-refractivity contribution in [3.8, 4) is 0 Å². The first-order valence-electron chi connectivity index (χ1n) is 28.5. The number of aromatic nitrogens is 2. The van der Waals surface area contributed by atoms with E-state index in [0.29, 0.717) is 88.3 Å². The number of hydrogen-bond acceptors (Lipinski definition) is 10. The Bertz CT molecular complexity index is 2610. The van der Waals surface area contributed by atoms with Crippen molar-refractivity contribution in [2.24, 2.45) is 35.0 Å². The number of ether oxygens (including phenoxy) is 2. The molecule has 1 aromatic carbocycles. The Labute approximate surface area is 465 Å². The summed E-state index contributed by atoms with van der Waals surface area (Å²) >= 11 is 3.59. The summed E-state index contributed by atoms with van der Waals surface area (Å²) < 4.78 is 56.7. The molecule has 3 saturated carbocycles. The standard InChI is InChI=1S/C59H78BrF3N8O7/c1-36(2)58(19-16-44(31-58)67-50-15-12-39-26-43(60)13-14-46(39)50)57(76)71-23-17-49-42(33-71)29-48(59(61,62)63)51(69-49)7-5-21-65-55(74)41-27-45(28-41)68-52(72)18-24-77-34-37-8-10-38(11-9-37)35-78-25-22-66-56(75)47-30-53(73)70(3)54(47)40-6-4-20-64-32-40/h4,6,13-14,20,26,29,32,36-38,41,44-45,47,50,54,67H,5,7-12,15-19,21-25,27-28,30-31,33-35H2,1-3H3,(H,65,74)(H,66,75)(H,68,72)/t37?,38?,41?,44-,45?,47+,50-,54-,58+/m1/s1. The van der Waals surface area contributed by atoms with Crippen LogP contribution >= 0.6 is 15.9 Å². The average molecular weight is 1150 g/mol. The molecule has 4 fully saturated rings. The molecule has 1 saturated heterocycles. The normalized spacial score (nSPS) is 26.8. The van der Waals surface area contributed by atoms with Crippen molar-refractivity contribution in [2.75, 3.05) is 53.1 Å². The molecule has 9 rings (SSSR count). The molecular formula is C59H78BrF3N8O7. The van der Waals surface area contributed by atoms with Crippen molar-refractivity contribution in [2.45, 2.75) is 153 Å². The zero-order valence-electron chi connectivity index (χ0n) is 45.4. The van der Waals surface area contributed by atoms with Crippen molar-refractivity contribution < 1.29 is 46.6 Å². The first-order valence-corrected chi connectivity index (χ1v) is 29.3. The summed E-state index contributed by atoms with van der Waals surface area (Å²) in [7, 11) is 1.72. The third kappa shape index (κ3) is 13.8. The van der Waals surface area contributed by atoms with Crippen molar-refractivity contribution in [3.05, 3.63) is 92.5 Å². The Kier molecular flexibility index (Phi) is 19.0. The molecule has 2 aromatic heterocycles. The molecule has 78 heavy (non-hydrogen) atoms.